The van der Waals surface area contributed by atoms with Crippen molar-refractivity contribution in [2.45, 2.75) is 39.3 Å². The highest BCUT2D eigenvalue weighted by molar-refractivity contribution is 5.85. The first kappa shape index (κ1) is 14.9. The standard InChI is InChI=1S/C10H17N3O2.ClH/c1-6(11)4-9(14)13-8(3)10-12-5-7(2)15-10;/h5-6,8H,4,11H2,1-3H3,(H,13,14);1H. The van der Waals surface area contributed by atoms with Crippen LogP contribution in [-0.2, 0) is 4.79 Å². The zero-order chi connectivity index (χ0) is 11.4. The molecule has 92 valence electrons. The molecule has 3 N–H and O–H groups in total. The molecule has 0 saturated heterocycles. The third-order valence-electron chi connectivity index (χ3n) is 1.89. The fraction of sp³-hybridized carbons (Fsp3) is 0.600. The molecule has 2 unspecified atom stereocenters. The van der Waals surface area contributed by atoms with E-state index in [0.29, 0.717) is 12.3 Å². The van der Waals surface area contributed by atoms with Crippen LogP contribution in [0.25, 0.3) is 0 Å². The molecule has 0 fully saturated rings. The van der Waals surface area contributed by atoms with E-state index in [1.54, 1.807) is 13.1 Å². The molecule has 0 aliphatic heterocycles. The van der Waals surface area contributed by atoms with E-state index in [1.165, 1.54) is 0 Å². The van der Waals surface area contributed by atoms with E-state index in [-0.39, 0.29) is 30.4 Å². The van der Waals surface area contributed by atoms with Crippen LogP contribution in [0, 0.1) is 6.92 Å². The Kier molecular flexibility index (Phi) is 6.06. The minimum Gasteiger partial charge on any atom is -0.444 e. The first-order valence-electron chi connectivity index (χ1n) is 4.96. The van der Waals surface area contributed by atoms with E-state index in [0.717, 1.165) is 5.76 Å². The highest BCUT2D eigenvalue weighted by Gasteiger charge is 2.14. The van der Waals surface area contributed by atoms with Gasteiger partial charge in [-0.3, -0.25) is 4.79 Å². The summed E-state index contributed by atoms with van der Waals surface area (Å²) >= 11 is 0. The molecule has 1 aromatic rings. The number of rotatable bonds is 4. The van der Waals surface area contributed by atoms with E-state index in [1.807, 2.05) is 13.8 Å². The van der Waals surface area contributed by atoms with E-state index >= 15 is 0 Å². The maximum atomic E-state index is 11.4. The second-order valence-corrected chi connectivity index (χ2v) is 3.78. The smallest absolute Gasteiger partial charge is 0.222 e. The van der Waals surface area contributed by atoms with Gasteiger partial charge in [0.25, 0.3) is 0 Å². The fourth-order valence-electron chi connectivity index (χ4n) is 1.23. The molecule has 6 heteroatoms. The molecular formula is C10H18ClN3O2. The summed E-state index contributed by atoms with van der Waals surface area (Å²) in [5.41, 5.74) is 5.51. The van der Waals surface area contributed by atoms with Crippen molar-refractivity contribution in [2.24, 2.45) is 5.73 Å². The summed E-state index contributed by atoms with van der Waals surface area (Å²) in [5, 5.41) is 2.77. The van der Waals surface area contributed by atoms with Gasteiger partial charge in [-0.2, -0.15) is 0 Å². The van der Waals surface area contributed by atoms with Crippen LogP contribution in [0.3, 0.4) is 0 Å². The zero-order valence-electron chi connectivity index (χ0n) is 9.69. The van der Waals surface area contributed by atoms with E-state index in [4.69, 9.17) is 10.2 Å². The number of aryl methyl sites for hydroxylation is 1. The number of hydrogen-bond donors (Lipinski definition) is 2. The van der Waals surface area contributed by atoms with Crippen molar-refractivity contribution in [3.05, 3.63) is 17.8 Å². The van der Waals surface area contributed by atoms with Gasteiger partial charge in [-0.05, 0) is 20.8 Å². The summed E-state index contributed by atoms with van der Waals surface area (Å²) in [6.07, 6.45) is 1.94. The maximum absolute atomic E-state index is 11.4. The minimum atomic E-state index is -0.218. The maximum Gasteiger partial charge on any atom is 0.222 e. The minimum absolute atomic E-state index is 0. The van der Waals surface area contributed by atoms with Crippen LogP contribution in [-0.4, -0.2) is 16.9 Å². The molecule has 1 amide bonds. The van der Waals surface area contributed by atoms with Gasteiger partial charge in [-0.1, -0.05) is 0 Å². The number of hydrogen-bond acceptors (Lipinski definition) is 4. The fourth-order valence-corrected chi connectivity index (χ4v) is 1.23. The molecular weight excluding hydrogens is 230 g/mol. The highest BCUT2D eigenvalue weighted by atomic mass is 35.5. The van der Waals surface area contributed by atoms with Crippen molar-refractivity contribution in [3.8, 4) is 0 Å². The van der Waals surface area contributed by atoms with Gasteiger partial charge in [0.05, 0.1) is 6.20 Å². The molecule has 1 aromatic heterocycles. The third-order valence-corrected chi connectivity index (χ3v) is 1.89. The quantitative estimate of drug-likeness (QED) is 0.841. The van der Waals surface area contributed by atoms with Crippen LogP contribution in [0.2, 0.25) is 0 Å². The summed E-state index contributed by atoms with van der Waals surface area (Å²) in [5.74, 6) is 1.16. The second-order valence-electron chi connectivity index (χ2n) is 3.78. The molecule has 2 atom stereocenters. The van der Waals surface area contributed by atoms with Gasteiger partial charge in [0.2, 0.25) is 11.8 Å². The number of aromatic nitrogens is 1. The van der Waals surface area contributed by atoms with Crippen molar-refractivity contribution < 1.29 is 9.21 Å². The van der Waals surface area contributed by atoms with E-state index in [9.17, 15) is 4.79 Å². The zero-order valence-corrected chi connectivity index (χ0v) is 10.5. The van der Waals surface area contributed by atoms with E-state index in [2.05, 4.69) is 10.3 Å². The van der Waals surface area contributed by atoms with Gasteiger partial charge in [-0.25, -0.2) is 4.98 Å². The Bertz CT molecular complexity index is 339. The molecule has 0 aromatic carbocycles. The predicted octanol–water partition coefficient (Wildman–Crippen LogP) is 1.32. The molecule has 16 heavy (non-hydrogen) atoms. The molecule has 0 aliphatic carbocycles. The molecule has 1 rings (SSSR count). The van der Waals surface area contributed by atoms with E-state index < -0.39 is 0 Å². The number of halogens is 1. The number of nitrogens with one attached hydrogen (secondary N) is 1. The first-order valence-corrected chi connectivity index (χ1v) is 4.96. The molecule has 0 radical (unpaired) electrons. The molecule has 0 bridgehead atoms. The van der Waals surface area contributed by atoms with Crippen molar-refractivity contribution in [3.63, 3.8) is 0 Å². The van der Waals surface area contributed by atoms with Crippen LogP contribution < -0.4 is 11.1 Å². The van der Waals surface area contributed by atoms with Crippen LogP contribution in [0.1, 0.15) is 38.0 Å². The number of carbonyl (C=O) groups excluding carboxylic acids is 1. The van der Waals surface area contributed by atoms with Crippen molar-refractivity contribution >= 4 is 18.3 Å². The number of nitrogens with zero attached hydrogens (tertiary/aromatic N) is 1. The van der Waals surface area contributed by atoms with Crippen molar-refractivity contribution in [1.29, 1.82) is 0 Å². The number of oxazole rings is 1. The number of carbonyl (C=O) groups is 1. The molecule has 5 nitrogen and oxygen atoms in total. The second kappa shape index (κ2) is 6.50. The monoisotopic (exact) mass is 247 g/mol. The van der Waals surface area contributed by atoms with Crippen LogP contribution in [0.4, 0.5) is 0 Å². The van der Waals surface area contributed by atoms with Gasteiger partial charge in [0, 0.05) is 12.5 Å². The third kappa shape index (κ3) is 4.63. The summed E-state index contributed by atoms with van der Waals surface area (Å²) in [7, 11) is 0. The van der Waals surface area contributed by atoms with Crippen molar-refractivity contribution in [2.75, 3.05) is 0 Å². The summed E-state index contributed by atoms with van der Waals surface area (Å²) in [4.78, 5) is 15.4. The SMILES string of the molecule is Cc1cnc(C(C)NC(=O)CC(C)N)o1.Cl. The molecule has 1 heterocycles. The normalized spacial score (nSPS) is 13.8. The largest absolute Gasteiger partial charge is 0.444 e. The average molecular weight is 248 g/mol. The Hall–Kier alpha value is -1.07. The lowest BCUT2D eigenvalue weighted by molar-refractivity contribution is -0.122. The number of nitrogens with two attached hydrogens (primary N) is 1. The van der Waals surface area contributed by atoms with Crippen LogP contribution >= 0.6 is 12.4 Å². The Morgan fingerprint density at radius 1 is 1.62 bits per heavy atom. The van der Waals surface area contributed by atoms with Gasteiger partial charge >= 0.3 is 0 Å². The summed E-state index contributed by atoms with van der Waals surface area (Å²) < 4.78 is 5.29. The van der Waals surface area contributed by atoms with Gasteiger partial charge < -0.3 is 15.5 Å². The van der Waals surface area contributed by atoms with Crippen LogP contribution in [0.5, 0.6) is 0 Å². The van der Waals surface area contributed by atoms with Crippen molar-refractivity contribution in [1.82, 2.24) is 10.3 Å². The topological polar surface area (TPSA) is 81.2 Å². The van der Waals surface area contributed by atoms with Gasteiger partial charge in [-0.15, -0.1) is 12.4 Å². The highest BCUT2D eigenvalue weighted by Crippen LogP contribution is 2.11. The predicted molar refractivity (Wildman–Crippen MR) is 63.3 cm³/mol. The number of amides is 1. The molecule has 0 aliphatic rings. The van der Waals surface area contributed by atoms with Crippen LogP contribution in [0.15, 0.2) is 10.6 Å². The Labute approximate surface area is 101 Å². The average Bonchev–Trinajstić information content (AvgIpc) is 2.49. The molecule has 0 spiro atoms. The Balaban J connectivity index is 0.00000225. The Morgan fingerprint density at radius 3 is 2.69 bits per heavy atom. The summed E-state index contributed by atoms with van der Waals surface area (Å²) in [6, 6.07) is -0.353. The first-order chi connectivity index (χ1) is 6.99. The lowest BCUT2D eigenvalue weighted by Crippen LogP contribution is -2.31. The summed E-state index contributed by atoms with van der Waals surface area (Å²) in [6.45, 7) is 5.43. The van der Waals surface area contributed by atoms with Gasteiger partial charge in [0.15, 0.2) is 0 Å². The molecule has 0 saturated carbocycles. The lowest BCUT2D eigenvalue weighted by atomic mass is 10.2. The van der Waals surface area contributed by atoms with Gasteiger partial charge in [0.1, 0.15) is 11.8 Å². The Morgan fingerprint density at radius 2 is 2.25 bits per heavy atom. The lowest BCUT2D eigenvalue weighted by Gasteiger charge is -2.11.